The summed E-state index contributed by atoms with van der Waals surface area (Å²) in [5.41, 5.74) is 5.34. The number of hydrogen-bond acceptors (Lipinski definition) is 7. The monoisotopic (exact) mass is 405 g/mol. The van der Waals surface area contributed by atoms with E-state index >= 15 is 0 Å². The van der Waals surface area contributed by atoms with Gasteiger partial charge < -0.3 is 26.6 Å². The van der Waals surface area contributed by atoms with E-state index in [2.05, 4.69) is 10.6 Å². The second-order valence-corrected chi connectivity index (χ2v) is 8.39. The zero-order chi connectivity index (χ0) is 21.2. The van der Waals surface area contributed by atoms with Crippen LogP contribution in [0.4, 0.5) is 0 Å². The highest BCUT2D eigenvalue weighted by Gasteiger charge is 2.27. The predicted molar refractivity (Wildman–Crippen MR) is 99.3 cm³/mol. The standard InChI is InChI=1S/C16H27N3O7S/c1-9(20)6-16(2,3)27-8-11(14(24)18-7-13(22)23)19-12(21)5-4-10(17)15(25)26/h10-11H,4-8,17H2,1-3H3,(H,18,24)(H,19,21)(H,22,23)(H,25,26)/t10-,11-/m0/s1. The van der Waals surface area contributed by atoms with Crippen molar-refractivity contribution in [2.24, 2.45) is 5.73 Å². The molecule has 0 saturated heterocycles. The summed E-state index contributed by atoms with van der Waals surface area (Å²) < 4.78 is -0.479. The molecule has 27 heavy (non-hydrogen) atoms. The Hall–Kier alpha value is -2.14. The van der Waals surface area contributed by atoms with Crippen LogP contribution in [-0.2, 0) is 24.0 Å². The zero-order valence-electron chi connectivity index (χ0n) is 15.6. The van der Waals surface area contributed by atoms with Gasteiger partial charge in [-0.1, -0.05) is 13.8 Å². The third-order valence-corrected chi connectivity index (χ3v) is 4.81. The van der Waals surface area contributed by atoms with Gasteiger partial charge in [0.05, 0.1) is 0 Å². The van der Waals surface area contributed by atoms with E-state index in [0.29, 0.717) is 0 Å². The van der Waals surface area contributed by atoms with Crippen LogP contribution in [0.2, 0.25) is 0 Å². The molecule has 0 aromatic heterocycles. The third kappa shape index (κ3) is 12.0. The van der Waals surface area contributed by atoms with Crippen molar-refractivity contribution in [3.63, 3.8) is 0 Å². The number of Topliss-reactive ketones (excluding diaryl/α,β-unsaturated/α-hetero) is 1. The summed E-state index contributed by atoms with van der Waals surface area (Å²) in [5, 5.41) is 22.1. The molecule has 0 rings (SSSR count). The van der Waals surface area contributed by atoms with E-state index < -0.39 is 47.1 Å². The summed E-state index contributed by atoms with van der Waals surface area (Å²) in [6.45, 7) is 4.49. The molecule has 2 atom stereocenters. The van der Waals surface area contributed by atoms with Gasteiger partial charge in [-0.2, -0.15) is 11.8 Å². The molecule has 11 heteroatoms. The molecule has 0 unspecified atom stereocenters. The van der Waals surface area contributed by atoms with Crippen molar-refractivity contribution in [3.05, 3.63) is 0 Å². The van der Waals surface area contributed by atoms with E-state index in [0.717, 1.165) is 0 Å². The summed E-state index contributed by atoms with van der Waals surface area (Å²) in [6.07, 6.45) is -0.0339. The summed E-state index contributed by atoms with van der Waals surface area (Å²) in [4.78, 5) is 56.8. The van der Waals surface area contributed by atoms with Gasteiger partial charge in [0.2, 0.25) is 11.8 Å². The van der Waals surface area contributed by atoms with Gasteiger partial charge in [0.25, 0.3) is 0 Å². The van der Waals surface area contributed by atoms with Gasteiger partial charge in [-0.05, 0) is 13.3 Å². The number of carbonyl (C=O) groups excluding carboxylic acids is 3. The average Bonchev–Trinajstić information content (AvgIpc) is 2.52. The molecule has 0 heterocycles. The smallest absolute Gasteiger partial charge is 0.322 e. The van der Waals surface area contributed by atoms with Crippen LogP contribution in [-0.4, -0.2) is 68.9 Å². The largest absolute Gasteiger partial charge is 0.480 e. The van der Waals surface area contributed by atoms with Crippen molar-refractivity contribution < 1.29 is 34.2 Å². The average molecular weight is 405 g/mol. The fraction of sp³-hybridized carbons (Fsp3) is 0.688. The lowest BCUT2D eigenvalue weighted by Crippen LogP contribution is -2.50. The van der Waals surface area contributed by atoms with Crippen LogP contribution < -0.4 is 16.4 Å². The van der Waals surface area contributed by atoms with E-state index in [1.165, 1.54) is 18.7 Å². The molecule has 0 saturated carbocycles. The van der Waals surface area contributed by atoms with Crippen LogP contribution in [0.3, 0.4) is 0 Å². The molecule has 10 nitrogen and oxygen atoms in total. The quantitative estimate of drug-likeness (QED) is 0.266. The van der Waals surface area contributed by atoms with E-state index in [1.807, 2.05) is 13.8 Å². The van der Waals surface area contributed by atoms with Crippen LogP contribution in [0.25, 0.3) is 0 Å². The first-order chi connectivity index (χ1) is 12.3. The Morgan fingerprint density at radius 2 is 1.74 bits per heavy atom. The molecule has 2 amide bonds. The molecule has 0 aromatic rings. The number of nitrogens with one attached hydrogen (secondary N) is 2. The molecule has 0 aromatic carbocycles. The van der Waals surface area contributed by atoms with Crippen LogP contribution in [0.1, 0.15) is 40.0 Å². The maximum Gasteiger partial charge on any atom is 0.322 e. The minimum absolute atomic E-state index is 0.0222. The number of hydrogen-bond donors (Lipinski definition) is 5. The lowest BCUT2D eigenvalue weighted by molar-refractivity contribution is -0.139. The van der Waals surface area contributed by atoms with Gasteiger partial charge in [-0.25, -0.2) is 0 Å². The summed E-state index contributed by atoms with van der Waals surface area (Å²) in [5.74, 6) is -3.63. The van der Waals surface area contributed by atoms with Gasteiger partial charge in [0.15, 0.2) is 0 Å². The minimum atomic E-state index is -1.24. The number of ketones is 1. The number of carbonyl (C=O) groups is 5. The Kier molecular flexibility index (Phi) is 10.6. The molecule has 0 bridgehead atoms. The number of thioether (sulfide) groups is 1. The summed E-state index contributed by atoms with van der Waals surface area (Å²) >= 11 is 1.29. The number of amides is 2. The van der Waals surface area contributed by atoms with Crippen LogP contribution >= 0.6 is 11.8 Å². The van der Waals surface area contributed by atoms with Gasteiger partial charge in [-0.15, -0.1) is 0 Å². The fourth-order valence-corrected chi connectivity index (χ4v) is 3.26. The molecular weight excluding hydrogens is 378 g/mol. The Labute approximate surface area is 161 Å². The van der Waals surface area contributed by atoms with Gasteiger partial charge in [0, 0.05) is 23.3 Å². The first-order valence-electron chi connectivity index (χ1n) is 8.24. The first kappa shape index (κ1) is 24.9. The van der Waals surface area contributed by atoms with Crippen molar-refractivity contribution in [1.82, 2.24) is 10.6 Å². The molecule has 6 N–H and O–H groups in total. The van der Waals surface area contributed by atoms with Gasteiger partial charge in [-0.3, -0.25) is 24.0 Å². The number of carboxylic acid groups (broad SMARTS) is 2. The molecule has 154 valence electrons. The molecule has 0 aliphatic carbocycles. The molecule has 0 fully saturated rings. The van der Waals surface area contributed by atoms with E-state index in [4.69, 9.17) is 15.9 Å². The van der Waals surface area contributed by atoms with E-state index in [-0.39, 0.29) is 30.8 Å². The maximum absolute atomic E-state index is 12.2. The number of nitrogens with two attached hydrogens (primary N) is 1. The van der Waals surface area contributed by atoms with E-state index in [9.17, 15) is 24.0 Å². The van der Waals surface area contributed by atoms with Crippen LogP contribution in [0.15, 0.2) is 0 Å². The Bertz CT molecular complexity index is 580. The molecule has 0 radical (unpaired) electrons. The molecule has 0 aliphatic heterocycles. The highest BCUT2D eigenvalue weighted by molar-refractivity contribution is 8.00. The highest BCUT2D eigenvalue weighted by Crippen LogP contribution is 2.28. The Balaban J connectivity index is 4.89. The topological polar surface area (TPSA) is 176 Å². The molecular formula is C16H27N3O7S. The lowest BCUT2D eigenvalue weighted by atomic mass is 10.1. The molecule has 0 spiro atoms. The second kappa shape index (κ2) is 11.5. The summed E-state index contributed by atoms with van der Waals surface area (Å²) in [6, 6.07) is -2.23. The summed E-state index contributed by atoms with van der Waals surface area (Å²) in [7, 11) is 0. The third-order valence-electron chi connectivity index (χ3n) is 3.38. The van der Waals surface area contributed by atoms with Crippen molar-refractivity contribution in [2.45, 2.75) is 56.9 Å². The Morgan fingerprint density at radius 3 is 2.22 bits per heavy atom. The van der Waals surface area contributed by atoms with Crippen molar-refractivity contribution in [3.8, 4) is 0 Å². The van der Waals surface area contributed by atoms with E-state index in [1.54, 1.807) is 0 Å². The number of aliphatic carboxylic acids is 2. The van der Waals surface area contributed by atoms with Gasteiger partial charge >= 0.3 is 11.9 Å². The highest BCUT2D eigenvalue weighted by atomic mass is 32.2. The van der Waals surface area contributed by atoms with Crippen LogP contribution in [0.5, 0.6) is 0 Å². The van der Waals surface area contributed by atoms with Crippen LogP contribution in [0, 0.1) is 0 Å². The van der Waals surface area contributed by atoms with Gasteiger partial charge in [0.1, 0.15) is 24.4 Å². The SMILES string of the molecule is CC(=O)CC(C)(C)SC[C@H](NC(=O)CC[C@H](N)C(=O)O)C(=O)NCC(=O)O. The number of carboxylic acids is 2. The predicted octanol–water partition coefficient (Wildman–Crippen LogP) is -0.645. The first-order valence-corrected chi connectivity index (χ1v) is 9.23. The number of rotatable bonds is 13. The van der Waals surface area contributed by atoms with Crippen molar-refractivity contribution in [1.29, 1.82) is 0 Å². The lowest BCUT2D eigenvalue weighted by Gasteiger charge is -2.26. The fourth-order valence-electron chi connectivity index (χ4n) is 2.10. The van der Waals surface area contributed by atoms with Crippen molar-refractivity contribution in [2.75, 3.05) is 12.3 Å². The Morgan fingerprint density at radius 1 is 1.15 bits per heavy atom. The normalized spacial score (nSPS) is 13.3. The minimum Gasteiger partial charge on any atom is -0.480 e. The molecule has 0 aliphatic rings. The van der Waals surface area contributed by atoms with Crippen molar-refractivity contribution >= 4 is 41.3 Å². The maximum atomic E-state index is 12.2. The zero-order valence-corrected chi connectivity index (χ0v) is 16.4. The second-order valence-electron chi connectivity index (χ2n) is 6.66.